The molecule has 3 aromatic rings. The minimum atomic E-state index is 0.0174. The zero-order valence-electron chi connectivity index (χ0n) is 11.0. The van der Waals surface area contributed by atoms with E-state index in [0.717, 1.165) is 23.1 Å². The molecular weight excluding hydrogens is 250 g/mol. The Hall–Kier alpha value is -2.62. The van der Waals surface area contributed by atoms with Crippen molar-refractivity contribution in [2.24, 2.45) is 0 Å². The van der Waals surface area contributed by atoms with Crippen LogP contribution in [-0.4, -0.2) is 15.9 Å². The molecule has 0 radical (unpaired) electrons. The first kappa shape index (κ1) is 12.4. The van der Waals surface area contributed by atoms with Crippen LogP contribution >= 0.6 is 0 Å². The van der Waals surface area contributed by atoms with Gasteiger partial charge >= 0.3 is 0 Å². The predicted octanol–water partition coefficient (Wildman–Crippen LogP) is 3.13. The maximum atomic E-state index is 11.9. The van der Waals surface area contributed by atoms with Crippen LogP contribution in [0.4, 0.5) is 5.69 Å². The fraction of sp³-hybridized carbons (Fsp3) is 0.125. The average Bonchev–Trinajstić information content (AvgIpc) is 2.94. The second kappa shape index (κ2) is 5.57. The van der Waals surface area contributed by atoms with Gasteiger partial charge in [0.15, 0.2) is 0 Å². The summed E-state index contributed by atoms with van der Waals surface area (Å²) in [6, 6.07) is 15.7. The van der Waals surface area contributed by atoms with Crippen LogP contribution in [-0.2, 0) is 11.2 Å². The number of carbonyl (C=O) groups excluding carboxylic acids is 1. The summed E-state index contributed by atoms with van der Waals surface area (Å²) < 4.78 is 0. The highest BCUT2D eigenvalue weighted by Crippen LogP contribution is 2.16. The predicted molar refractivity (Wildman–Crippen MR) is 79.5 cm³/mol. The van der Waals surface area contributed by atoms with E-state index in [9.17, 15) is 4.79 Å². The number of aromatic nitrogens is 2. The van der Waals surface area contributed by atoms with E-state index in [4.69, 9.17) is 0 Å². The molecule has 0 aliphatic heterocycles. The standard InChI is InChI=1S/C16H15N3O/c20-16(9-6-12-4-2-1-3-5-12)19-13-7-8-14-15(10-13)18-11-17-14/h1-5,7-8,10-11H,6,9H2,(H,17,18)(H,19,20). The first-order valence-corrected chi connectivity index (χ1v) is 6.58. The number of amides is 1. The van der Waals surface area contributed by atoms with Crippen LogP contribution in [0.15, 0.2) is 54.9 Å². The second-order valence-corrected chi connectivity index (χ2v) is 4.67. The normalized spacial score (nSPS) is 10.6. The van der Waals surface area contributed by atoms with Gasteiger partial charge in [0.2, 0.25) is 5.91 Å². The van der Waals surface area contributed by atoms with Crippen LogP contribution in [0.3, 0.4) is 0 Å². The minimum absolute atomic E-state index is 0.0174. The second-order valence-electron chi connectivity index (χ2n) is 4.67. The van der Waals surface area contributed by atoms with Crippen molar-refractivity contribution in [2.45, 2.75) is 12.8 Å². The van der Waals surface area contributed by atoms with Crippen molar-refractivity contribution in [2.75, 3.05) is 5.32 Å². The summed E-state index contributed by atoms with van der Waals surface area (Å²) in [5.41, 5.74) is 3.77. The molecule has 0 spiro atoms. The van der Waals surface area contributed by atoms with Gasteiger partial charge in [0.25, 0.3) is 0 Å². The number of benzene rings is 2. The van der Waals surface area contributed by atoms with Crippen LogP contribution < -0.4 is 5.32 Å². The first-order chi connectivity index (χ1) is 9.81. The lowest BCUT2D eigenvalue weighted by molar-refractivity contribution is -0.116. The Bertz CT molecular complexity index is 719. The quantitative estimate of drug-likeness (QED) is 0.761. The maximum Gasteiger partial charge on any atom is 0.224 e. The average molecular weight is 265 g/mol. The maximum absolute atomic E-state index is 11.9. The van der Waals surface area contributed by atoms with Crippen molar-refractivity contribution in [3.8, 4) is 0 Å². The van der Waals surface area contributed by atoms with Crippen LogP contribution in [0.1, 0.15) is 12.0 Å². The number of anilines is 1. The van der Waals surface area contributed by atoms with E-state index in [1.165, 1.54) is 5.56 Å². The van der Waals surface area contributed by atoms with Crippen LogP contribution in [0.25, 0.3) is 11.0 Å². The third kappa shape index (κ3) is 2.85. The van der Waals surface area contributed by atoms with Gasteiger partial charge in [-0.15, -0.1) is 0 Å². The summed E-state index contributed by atoms with van der Waals surface area (Å²) in [5, 5.41) is 2.90. The molecule has 20 heavy (non-hydrogen) atoms. The summed E-state index contributed by atoms with van der Waals surface area (Å²) >= 11 is 0. The van der Waals surface area contributed by atoms with Gasteiger partial charge in [0, 0.05) is 12.1 Å². The van der Waals surface area contributed by atoms with E-state index < -0.39 is 0 Å². The Morgan fingerprint density at radius 1 is 1.15 bits per heavy atom. The van der Waals surface area contributed by atoms with Gasteiger partial charge in [-0.3, -0.25) is 4.79 Å². The number of hydrogen-bond acceptors (Lipinski definition) is 2. The van der Waals surface area contributed by atoms with Crippen LogP contribution in [0.5, 0.6) is 0 Å². The van der Waals surface area contributed by atoms with Gasteiger partial charge in [-0.2, -0.15) is 0 Å². The van der Waals surface area contributed by atoms with E-state index >= 15 is 0 Å². The number of rotatable bonds is 4. The minimum Gasteiger partial charge on any atom is -0.345 e. The number of carbonyl (C=O) groups is 1. The Kier molecular flexibility index (Phi) is 3.46. The molecule has 1 aromatic heterocycles. The Morgan fingerprint density at radius 2 is 2.00 bits per heavy atom. The molecule has 1 amide bonds. The van der Waals surface area contributed by atoms with Gasteiger partial charge < -0.3 is 10.3 Å². The molecular formula is C16H15N3O. The molecule has 100 valence electrons. The monoisotopic (exact) mass is 265 g/mol. The number of nitrogens with one attached hydrogen (secondary N) is 2. The van der Waals surface area contributed by atoms with Crippen LogP contribution in [0.2, 0.25) is 0 Å². The Morgan fingerprint density at radius 3 is 2.85 bits per heavy atom. The molecule has 1 heterocycles. The molecule has 0 bridgehead atoms. The highest BCUT2D eigenvalue weighted by molar-refractivity contribution is 5.93. The summed E-state index contributed by atoms with van der Waals surface area (Å²) in [6.07, 6.45) is 2.87. The number of H-pyrrole nitrogens is 1. The molecule has 0 atom stereocenters. The lowest BCUT2D eigenvalue weighted by atomic mass is 10.1. The highest BCUT2D eigenvalue weighted by Gasteiger charge is 2.04. The van der Waals surface area contributed by atoms with E-state index in [1.54, 1.807) is 6.33 Å². The smallest absolute Gasteiger partial charge is 0.224 e. The lowest BCUT2D eigenvalue weighted by Gasteiger charge is -2.05. The highest BCUT2D eigenvalue weighted by atomic mass is 16.1. The summed E-state index contributed by atoms with van der Waals surface area (Å²) in [7, 11) is 0. The molecule has 4 nitrogen and oxygen atoms in total. The summed E-state index contributed by atoms with van der Waals surface area (Å²) in [6.45, 7) is 0. The van der Waals surface area contributed by atoms with Gasteiger partial charge in [0.1, 0.15) is 0 Å². The lowest BCUT2D eigenvalue weighted by Crippen LogP contribution is -2.12. The summed E-state index contributed by atoms with van der Waals surface area (Å²) in [4.78, 5) is 19.1. The van der Waals surface area contributed by atoms with Crippen molar-refractivity contribution in [3.63, 3.8) is 0 Å². The number of imidazole rings is 1. The fourth-order valence-electron chi connectivity index (χ4n) is 2.14. The van der Waals surface area contributed by atoms with E-state index in [2.05, 4.69) is 15.3 Å². The number of aryl methyl sites for hydroxylation is 1. The first-order valence-electron chi connectivity index (χ1n) is 6.58. The molecule has 0 fully saturated rings. The van der Waals surface area contributed by atoms with Gasteiger partial charge in [0.05, 0.1) is 17.4 Å². The van der Waals surface area contributed by atoms with E-state index in [-0.39, 0.29) is 5.91 Å². The molecule has 2 N–H and O–H groups in total. The van der Waals surface area contributed by atoms with Crippen molar-refractivity contribution in [1.82, 2.24) is 9.97 Å². The van der Waals surface area contributed by atoms with Crippen molar-refractivity contribution >= 4 is 22.6 Å². The molecule has 0 unspecified atom stereocenters. The molecule has 3 rings (SSSR count). The van der Waals surface area contributed by atoms with Crippen molar-refractivity contribution < 1.29 is 4.79 Å². The molecule has 2 aromatic carbocycles. The number of fused-ring (bicyclic) bond motifs is 1. The Balaban J connectivity index is 1.61. The van der Waals surface area contributed by atoms with E-state index in [1.807, 2.05) is 48.5 Å². The third-order valence-electron chi connectivity index (χ3n) is 3.19. The molecule has 0 aliphatic carbocycles. The molecule has 0 saturated carbocycles. The van der Waals surface area contributed by atoms with Gasteiger partial charge in [-0.05, 0) is 30.2 Å². The zero-order chi connectivity index (χ0) is 13.8. The zero-order valence-corrected chi connectivity index (χ0v) is 11.0. The Labute approximate surface area is 116 Å². The SMILES string of the molecule is O=C(CCc1ccccc1)Nc1ccc2[nH]cnc2c1. The van der Waals surface area contributed by atoms with Gasteiger partial charge in [-0.1, -0.05) is 30.3 Å². The molecule has 0 saturated heterocycles. The number of aromatic amines is 1. The van der Waals surface area contributed by atoms with Crippen molar-refractivity contribution in [1.29, 1.82) is 0 Å². The third-order valence-corrected chi connectivity index (χ3v) is 3.19. The molecule has 0 aliphatic rings. The summed E-state index contributed by atoms with van der Waals surface area (Å²) in [5.74, 6) is 0.0174. The fourth-order valence-corrected chi connectivity index (χ4v) is 2.14. The largest absolute Gasteiger partial charge is 0.345 e. The van der Waals surface area contributed by atoms with E-state index in [0.29, 0.717) is 6.42 Å². The van der Waals surface area contributed by atoms with Gasteiger partial charge in [-0.25, -0.2) is 4.98 Å². The topological polar surface area (TPSA) is 57.8 Å². The van der Waals surface area contributed by atoms with Crippen molar-refractivity contribution in [3.05, 3.63) is 60.4 Å². The number of nitrogens with zero attached hydrogens (tertiary/aromatic N) is 1. The number of hydrogen-bond donors (Lipinski definition) is 2. The van der Waals surface area contributed by atoms with Crippen LogP contribution in [0, 0.1) is 0 Å². The molecule has 4 heteroatoms.